The lowest BCUT2D eigenvalue weighted by atomic mass is 9.78. The molecule has 0 amide bonds. The van der Waals surface area contributed by atoms with Crippen LogP contribution in [0.5, 0.6) is 17.2 Å². The van der Waals surface area contributed by atoms with Gasteiger partial charge in [0.1, 0.15) is 17.2 Å². The van der Waals surface area contributed by atoms with Crippen molar-refractivity contribution in [2.75, 3.05) is 13.2 Å². The number of carbonyl (C=O) groups excluding carboxylic acids is 1. The fourth-order valence-electron chi connectivity index (χ4n) is 4.57. The Morgan fingerprint density at radius 3 is 1.79 bits per heavy atom. The fourth-order valence-corrected chi connectivity index (χ4v) is 4.57. The van der Waals surface area contributed by atoms with E-state index in [2.05, 4.69) is 13.8 Å². The van der Waals surface area contributed by atoms with E-state index < -0.39 is 0 Å². The van der Waals surface area contributed by atoms with Crippen LogP contribution < -0.4 is 14.2 Å². The molecule has 0 N–H and O–H groups in total. The average molecular weight is 453 g/mol. The molecule has 4 heteroatoms. The van der Waals surface area contributed by atoms with Crippen LogP contribution in [0.15, 0.2) is 48.5 Å². The second kappa shape index (κ2) is 13.9. The van der Waals surface area contributed by atoms with Crippen molar-refractivity contribution in [2.45, 2.75) is 78.1 Å². The summed E-state index contributed by atoms with van der Waals surface area (Å²) in [5.74, 6) is 3.57. The molecule has 0 unspecified atom stereocenters. The Hall–Kier alpha value is -2.49. The second-order valence-electron chi connectivity index (χ2n) is 9.25. The van der Waals surface area contributed by atoms with Gasteiger partial charge >= 0.3 is 5.97 Å². The lowest BCUT2D eigenvalue weighted by Crippen LogP contribution is -2.15. The van der Waals surface area contributed by atoms with Crippen LogP contribution in [0.2, 0.25) is 0 Å². The summed E-state index contributed by atoms with van der Waals surface area (Å²) in [5, 5.41) is 0. The number of hydrogen-bond donors (Lipinski definition) is 0. The first-order valence-electron chi connectivity index (χ1n) is 12.9. The lowest BCUT2D eigenvalue weighted by Gasteiger charge is -2.28. The van der Waals surface area contributed by atoms with E-state index in [1.54, 1.807) is 36.4 Å². The molecule has 1 fully saturated rings. The fraction of sp³-hybridized carbons (Fsp3) is 0.552. The van der Waals surface area contributed by atoms with Crippen molar-refractivity contribution >= 4 is 5.97 Å². The van der Waals surface area contributed by atoms with Gasteiger partial charge < -0.3 is 14.2 Å². The Morgan fingerprint density at radius 2 is 1.21 bits per heavy atom. The summed E-state index contributed by atoms with van der Waals surface area (Å²) in [5.41, 5.74) is 0.502. The van der Waals surface area contributed by atoms with Crippen molar-refractivity contribution in [1.29, 1.82) is 0 Å². The van der Waals surface area contributed by atoms with E-state index in [0.717, 1.165) is 49.2 Å². The molecule has 2 aromatic rings. The highest BCUT2D eigenvalue weighted by Gasteiger charge is 2.20. The molecule has 33 heavy (non-hydrogen) atoms. The minimum atomic E-state index is -0.377. The van der Waals surface area contributed by atoms with Gasteiger partial charge in [-0.15, -0.1) is 0 Å². The summed E-state index contributed by atoms with van der Waals surface area (Å²) in [4.78, 5) is 12.4. The van der Waals surface area contributed by atoms with Crippen LogP contribution in [0.3, 0.4) is 0 Å². The van der Waals surface area contributed by atoms with Gasteiger partial charge in [0, 0.05) is 0 Å². The third-order valence-corrected chi connectivity index (χ3v) is 6.58. The standard InChI is InChI=1S/C29H40O4/c1-3-5-21-31-26-15-13-25(14-16-26)29(30)33-28-19-17-27(18-20-28)32-22-6-8-24-11-9-23(7-4-2)10-12-24/h13-20,23-24H,3-12,21-22H2,1-2H3. The predicted octanol–water partition coefficient (Wildman–Crippen LogP) is 7.85. The first-order valence-corrected chi connectivity index (χ1v) is 12.9. The second-order valence-corrected chi connectivity index (χ2v) is 9.25. The van der Waals surface area contributed by atoms with Gasteiger partial charge in [0.2, 0.25) is 0 Å². The molecule has 3 rings (SSSR count). The molecule has 0 bridgehead atoms. The topological polar surface area (TPSA) is 44.8 Å². The maximum atomic E-state index is 12.4. The number of benzene rings is 2. The molecule has 0 aliphatic heterocycles. The molecule has 0 saturated heterocycles. The molecule has 0 atom stereocenters. The van der Waals surface area contributed by atoms with Crippen LogP contribution in [0.1, 0.15) is 88.4 Å². The predicted molar refractivity (Wildman–Crippen MR) is 133 cm³/mol. The Morgan fingerprint density at radius 1 is 0.697 bits per heavy atom. The molecule has 180 valence electrons. The highest BCUT2D eigenvalue weighted by Crippen LogP contribution is 2.33. The minimum Gasteiger partial charge on any atom is -0.494 e. The van der Waals surface area contributed by atoms with Crippen molar-refractivity contribution in [3.63, 3.8) is 0 Å². The summed E-state index contributed by atoms with van der Waals surface area (Å²) >= 11 is 0. The number of carbonyl (C=O) groups is 1. The summed E-state index contributed by atoms with van der Waals surface area (Å²) in [6.07, 6.45) is 12.8. The van der Waals surface area contributed by atoms with Gasteiger partial charge in [0.15, 0.2) is 0 Å². The molecular formula is C29H40O4. The highest BCUT2D eigenvalue weighted by atomic mass is 16.5. The van der Waals surface area contributed by atoms with E-state index >= 15 is 0 Å². The molecule has 1 aliphatic carbocycles. The summed E-state index contributed by atoms with van der Waals surface area (Å²) < 4.78 is 17.0. The lowest BCUT2D eigenvalue weighted by molar-refractivity contribution is 0.0734. The zero-order valence-corrected chi connectivity index (χ0v) is 20.4. The van der Waals surface area contributed by atoms with E-state index in [1.807, 2.05) is 12.1 Å². The molecule has 0 spiro atoms. The summed E-state index contributed by atoms with van der Waals surface area (Å²) in [6, 6.07) is 14.4. The van der Waals surface area contributed by atoms with E-state index in [0.29, 0.717) is 17.9 Å². The van der Waals surface area contributed by atoms with E-state index in [-0.39, 0.29) is 5.97 Å². The van der Waals surface area contributed by atoms with Gasteiger partial charge in [-0.3, -0.25) is 0 Å². The molecule has 1 aliphatic rings. The monoisotopic (exact) mass is 452 g/mol. The zero-order chi connectivity index (χ0) is 23.3. The third kappa shape index (κ3) is 8.75. The van der Waals surface area contributed by atoms with Crippen LogP contribution in [-0.2, 0) is 0 Å². The van der Waals surface area contributed by atoms with E-state index in [9.17, 15) is 4.79 Å². The molecule has 4 nitrogen and oxygen atoms in total. The third-order valence-electron chi connectivity index (χ3n) is 6.58. The normalized spacial score (nSPS) is 18.0. The van der Waals surface area contributed by atoms with E-state index in [4.69, 9.17) is 14.2 Å². The van der Waals surface area contributed by atoms with Crippen molar-refractivity contribution in [2.24, 2.45) is 11.8 Å². The number of rotatable bonds is 13. The average Bonchev–Trinajstić information content (AvgIpc) is 2.84. The number of unbranched alkanes of at least 4 members (excludes halogenated alkanes) is 1. The zero-order valence-electron chi connectivity index (χ0n) is 20.4. The Balaban J connectivity index is 1.34. The van der Waals surface area contributed by atoms with Crippen molar-refractivity contribution in [1.82, 2.24) is 0 Å². The molecule has 1 saturated carbocycles. The summed E-state index contributed by atoms with van der Waals surface area (Å²) in [7, 11) is 0. The van der Waals surface area contributed by atoms with Gasteiger partial charge in [-0.25, -0.2) is 4.79 Å². The van der Waals surface area contributed by atoms with Crippen LogP contribution in [0, 0.1) is 11.8 Å². The smallest absolute Gasteiger partial charge is 0.343 e. The van der Waals surface area contributed by atoms with Crippen molar-refractivity contribution in [3.05, 3.63) is 54.1 Å². The molecule has 0 heterocycles. The van der Waals surface area contributed by atoms with E-state index in [1.165, 1.54) is 44.9 Å². The molecule has 0 radical (unpaired) electrons. The van der Waals surface area contributed by atoms with Gasteiger partial charge in [0.05, 0.1) is 18.8 Å². The maximum absolute atomic E-state index is 12.4. The van der Waals surface area contributed by atoms with Crippen LogP contribution >= 0.6 is 0 Å². The molecule has 0 aromatic heterocycles. The number of ether oxygens (including phenoxy) is 3. The van der Waals surface area contributed by atoms with Crippen LogP contribution in [0.4, 0.5) is 0 Å². The highest BCUT2D eigenvalue weighted by molar-refractivity contribution is 5.91. The quantitative estimate of drug-likeness (QED) is 0.176. The molecule has 2 aromatic carbocycles. The van der Waals surface area contributed by atoms with Crippen LogP contribution in [0.25, 0.3) is 0 Å². The van der Waals surface area contributed by atoms with Crippen LogP contribution in [-0.4, -0.2) is 19.2 Å². The Kier molecular flexibility index (Phi) is 10.6. The largest absolute Gasteiger partial charge is 0.494 e. The Labute approximate surface area is 199 Å². The van der Waals surface area contributed by atoms with Gasteiger partial charge in [-0.1, -0.05) is 58.8 Å². The number of esters is 1. The summed E-state index contributed by atoms with van der Waals surface area (Å²) in [6.45, 7) is 5.85. The SMILES string of the molecule is CCCCOc1ccc(C(=O)Oc2ccc(OCCCC3CCC(CCC)CC3)cc2)cc1. The van der Waals surface area contributed by atoms with Gasteiger partial charge in [-0.2, -0.15) is 0 Å². The first-order chi connectivity index (χ1) is 16.2. The first kappa shape index (κ1) is 25.1. The minimum absolute atomic E-state index is 0.377. The van der Waals surface area contributed by atoms with Crippen molar-refractivity contribution < 1.29 is 19.0 Å². The molecular weight excluding hydrogens is 412 g/mol. The Bertz CT molecular complexity index is 805. The van der Waals surface area contributed by atoms with Gasteiger partial charge in [-0.05, 0) is 79.6 Å². The van der Waals surface area contributed by atoms with Gasteiger partial charge in [0.25, 0.3) is 0 Å². The maximum Gasteiger partial charge on any atom is 0.343 e. The number of hydrogen-bond acceptors (Lipinski definition) is 4. The van der Waals surface area contributed by atoms with Crippen molar-refractivity contribution in [3.8, 4) is 17.2 Å².